The van der Waals surface area contributed by atoms with Gasteiger partial charge < -0.3 is 10.5 Å². The highest BCUT2D eigenvalue weighted by atomic mass is 16.5. The minimum Gasteiger partial charge on any atom is -0.465 e. The van der Waals surface area contributed by atoms with Crippen LogP contribution in [0.5, 0.6) is 0 Å². The second-order valence-electron chi connectivity index (χ2n) is 6.91. The molecular formula is C24H19N3O2. The van der Waals surface area contributed by atoms with Gasteiger partial charge in [0.05, 0.1) is 18.2 Å². The Labute approximate surface area is 168 Å². The number of aromatic nitrogens is 2. The maximum absolute atomic E-state index is 11.8. The van der Waals surface area contributed by atoms with Crippen molar-refractivity contribution in [2.75, 3.05) is 12.8 Å². The standard InChI is InChI=1S/C24H19N3O2/c1-14-4-6-17(15(2)10-14)7-5-16-11-20-19-9-8-18(24(28)29-3)12-21(19)27-23(25)22(20)26-13-16/h4,6,8-13H,1-3H3,(H2,25,27). The number of aryl methyl sites for hydroxylation is 2. The highest BCUT2D eigenvalue weighted by molar-refractivity contribution is 6.09. The van der Waals surface area contributed by atoms with E-state index in [1.54, 1.807) is 18.3 Å². The molecule has 5 nitrogen and oxygen atoms in total. The van der Waals surface area contributed by atoms with Crippen molar-refractivity contribution in [3.8, 4) is 11.8 Å². The van der Waals surface area contributed by atoms with Crippen molar-refractivity contribution in [3.05, 3.63) is 76.5 Å². The fourth-order valence-electron chi connectivity index (χ4n) is 3.32. The molecule has 0 aliphatic heterocycles. The van der Waals surface area contributed by atoms with E-state index in [4.69, 9.17) is 10.5 Å². The largest absolute Gasteiger partial charge is 0.465 e. The van der Waals surface area contributed by atoms with Gasteiger partial charge in [-0.25, -0.2) is 9.78 Å². The van der Waals surface area contributed by atoms with Gasteiger partial charge in [-0.3, -0.25) is 4.98 Å². The Balaban J connectivity index is 1.85. The van der Waals surface area contributed by atoms with Crippen molar-refractivity contribution in [2.24, 2.45) is 0 Å². The van der Waals surface area contributed by atoms with Gasteiger partial charge in [-0.15, -0.1) is 0 Å². The molecule has 2 aromatic carbocycles. The Hall–Kier alpha value is -3.91. The van der Waals surface area contributed by atoms with Crippen LogP contribution in [0.1, 0.15) is 32.6 Å². The van der Waals surface area contributed by atoms with E-state index in [2.05, 4.69) is 47.8 Å². The third-order valence-corrected chi connectivity index (χ3v) is 4.80. The molecule has 2 N–H and O–H groups in total. The van der Waals surface area contributed by atoms with Crippen molar-refractivity contribution in [1.82, 2.24) is 9.97 Å². The third-order valence-electron chi connectivity index (χ3n) is 4.80. The number of rotatable bonds is 1. The van der Waals surface area contributed by atoms with Gasteiger partial charge in [0.15, 0.2) is 5.82 Å². The number of anilines is 1. The Morgan fingerprint density at radius 3 is 2.62 bits per heavy atom. The normalized spacial score (nSPS) is 10.6. The number of benzene rings is 2. The van der Waals surface area contributed by atoms with E-state index in [1.165, 1.54) is 12.7 Å². The Morgan fingerprint density at radius 1 is 1.03 bits per heavy atom. The van der Waals surface area contributed by atoms with Gasteiger partial charge in [0.25, 0.3) is 0 Å². The van der Waals surface area contributed by atoms with Crippen LogP contribution in [0.4, 0.5) is 5.82 Å². The number of methoxy groups -OCH3 is 1. The SMILES string of the molecule is COC(=O)c1ccc2c(c1)nc(N)c1ncc(C#Cc3ccc(C)cc3C)cc12. The molecule has 4 aromatic rings. The summed E-state index contributed by atoms with van der Waals surface area (Å²) in [5, 5.41) is 1.70. The second-order valence-corrected chi connectivity index (χ2v) is 6.91. The molecule has 0 bridgehead atoms. The molecule has 0 aliphatic carbocycles. The van der Waals surface area contributed by atoms with Crippen LogP contribution in [0.25, 0.3) is 21.8 Å². The lowest BCUT2D eigenvalue weighted by Crippen LogP contribution is -2.02. The lowest BCUT2D eigenvalue weighted by molar-refractivity contribution is 0.0601. The number of nitrogen functional groups attached to an aromatic ring is 1. The van der Waals surface area contributed by atoms with Gasteiger partial charge in [-0.05, 0) is 43.7 Å². The van der Waals surface area contributed by atoms with E-state index in [1.807, 2.05) is 18.2 Å². The lowest BCUT2D eigenvalue weighted by Gasteiger charge is -2.07. The van der Waals surface area contributed by atoms with Crippen LogP contribution >= 0.6 is 0 Å². The number of nitrogens with zero attached hydrogens (tertiary/aromatic N) is 2. The number of carbonyl (C=O) groups is 1. The fraction of sp³-hybridized carbons (Fsp3) is 0.125. The minimum absolute atomic E-state index is 0.309. The number of nitrogens with two attached hydrogens (primary N) is 1. The van der Waals surface area contributed by atoms with Crippen molar-refractivity contribution in [3.63, 3.8) is 0 Å². The van der Waals surface area contributed by atoms with Crippen molar-refractivity contribution < 1.29 is 9.53 Å². The van der Waals surface area contributed by atoms with Gasteiger partial charge in [0, 0.05) is 28.1 Å². The zero-order valence-corrected chi connectivity index (χ0v) is 16.4. The average molecular weight is 381 g/mol. The first-order chi connectivity index (χ1) is 14.0. The first-order valence-corrected chi connectivity index (χ1v) is 9.13. The molecule has 0 saturated heterocycles. The molecule has 0 radical (unpaired) electrons. The van der Waals surface area contributed by atoms with Crippen LogP contribution in [0, 0.1) is 25.7 Å². The van der Waals surface area contributed by atoms with Gasteiger partial charge >= 0.3 is 5.97 Å². The van der Waals surface area contributed by atoms with E-state index < -0.39 is 5.97 Å². The lowest BCUT2D eigenvalue weighted by atomic mass is 10.0. The van der Waals surface area contributed by atoms with E-state index in [0.717, 1.165) is 27.5 Å². The van der Waals surface area contributed by atoms with Crippen LogP contribution in [0.2, 0.25) is 0 Å². The van der Waals surface area contributed by atoms with Crippen molar-refractivity contribution >= 4 is 33.6 Å². The Bertz CT molecular complexity index is 1350. The van der Waals surface area contributed by atoms with Crippen LogP contribution in [0.3, 0.4) is 0 Å². The average Bonchev–Trinajstić information content (AvgIpc) is 2.72. The second kappa shape index (κ2) is 7.25. The third kappa shape index (κ3) is 3.48. The van der Waals surface area contributed by atoms with E-state index >= 15 is 0 Å². The maximum Gasteiger partial charge on any atom is 0.337 e. The predicted molar refractivity (Wildman–Crippen MR) is 115 cm³/mol. The quantitative estimate of drug-likeness (QED) is 0.304. The molecule has 0 saturated carbocycles. The molecule has 2 aromatic heterocycles. The van der Waals surface area contributed by atoms with Crippen LogP contribution < -0.4 is 5.73 Å². The first kappa shape index (κ1) is 18.5. The topological polar surface area (TPSA) is 78.1 Å². The summed E-state index contributed by atoms with van der Waals surface area (Å²) in [5.74, 6) is 6.30. The number of fused-ring (bicyclic) bond motifs is 3. The van der Waals surface area contributed by atoms with Crippen LogP contribution in [-0.4, -0.2) is 23.0 Å². The Morgan fingerprint density at radius 2 is 1.86 bits per heavy atom. The number of carbonyl (C=O) groups excluding carboxylic acids is 1. The monoisotopic (exact) mass is 381 g/mol. The molecule has 0 spiro atoms. The highest BCUT2D eigenvalue weighted by Crippen LogP contribution is 2.28. The number of esters is 1. The number of hydrogen-bond acceptors (Lipinski definition) is 5. The molecule has 142 valence electrons. The summed E-state index contributed by atoms with van der Waals surface area (Å²) >= 11 is 0. The molecule has 2 heterocycles. The molecule has 0 unspecified atom stereocenters. The summed E-state index contributed by atoms with van der Waals surface area (Å²) in [6.07, 6.45) is 1.70. The zero-order chi connectivity index (χ0) is 20.5. The predicted octanol–water partition coefficient (Wildman–Crippen LogP) is 4.17. The molecule has 0 atom stereocenters. The maximum atomic E-state index is 11.8. The molecule has 0 fully saturated rings. The smallest absolute Gasteiger partial charge is 0.337 e. The summed E-state index contributed by atoms with van der Waals surface area (Å²) in [6.45, 7) is 4.11. The van der Waals surface area contributed by atoms with Crippen molar-refractivity contribution in [1.29, 1.82) is 0 Å². The van der Waals surface area contributed by atoms with E-state index in [-0.39, 0.29) is 0 Å². The summed E-state index contributed by atoms with van der Waals surface area (Å²) < 4.78 is 4.78. The van der Waals surface area contributed by atoms with Gasteiger partial charge in [0.1, 0.15) is 5.52 Å². The number of hydrogen-bond donors (Lipinski definition) is 1. The highest BCUT2D eigenvalue weighted by Gasteiger charge is 2.12. The first-order valence-electron chi connectivity index (χ1n) is 9.13. The van der Waals surface area contributed by atoms with E-state index in [0.29, 0.717) is 22.4 Å². The minimum atomic E-state index is -0.418. The van der Waals surface area contributed by atoms with Gasteiger partial charge in [-0.1, -0.05) is 35.6 Å². The molecular weight excluding hydrogens is 362 g/mol. The van der Waals surface area contributed by atoms with Crippen molar-refractivity contribution in [2.45, 2.75) is 13.8 Å². The summed E-state index contributed by atoms with van der Waals surface area (Å²) in [7, 11) is 1.35. The molecule has 0 aliphatic rings. The Kier molecular flexibility index (Phi) is 4.61. The fourth-order valence-corrected chi connectivity index (χ4v) is 3.32. The van der Waals surface area contributed by atoms with Gasteiger partial charge in [-0.2, -0.15) is 0 Å². The van der Waals surface area contributed by atoms with Crippen LogP contribution in [-0.2, 0) is 4.74 Å². The summed E-state index contributed by atoms with van der Waals surface area (Å²) in [4.78, 5) is 20.7. The summed E-state index contributed by atoms with van der Waals surface area (Å²) in [5.41, 5.74) is 11.9. The number of pyridine rings is 2. The zero-order valence-electron chi connectivity index (χ0n) is 16.4. The number of ether oxygens (including phenoxy) is 1. The molecule has 5 heteroatoms. The van der Waals surface area contributed by atoms with Crippen LogP contribution in [0.15, 0.2) is 48.7 Å². The summed E-state index contributed by atoms with van der Waals surface area (Å²) in [6, 6.07) is 13.4. The molecule has 4 rings (SSSR count). The van der Waals surface area contributed by atoms with Gasteiger partial charge in [0.2, 0.25) is 0 Å². The van der Waals surface area contributed by atoms with E-state index in [9.17, 15) is 4.79 Å². The molecule has 29 heavy (non-hydrogen) atoms. The molecule has 0 amide bonds.